The summed E-state index contributed by atoms with van der Waals surface area (Å²) in [5.41, 5.74) is 7.45. The molecule has 1 saturated heterocycles. The molecule has 0 radical (unpaired) electrons. The van der Waals surface area contributed by atoms with Gasteiger partial charge in [0.2, 0.25) is 5.95 Å². The fourth-order valence-corrected chi connectivity index (χ4v) is 2.83. The van der Waals surface area contributed by atoms with Crippen molar-refractivity contribution >= 4 is 5.95 Å². The van der Waals surface area contributed by atoms with Crippen LogP contribution < -0.4 is 10.6 Å². The van der Waals surface area contributed by atoms with Gasteiger partial charge in [-0.15, -0.1) is 5.10 Å². The summed E-state index contributed by atoms with van der Waals surface area (Å²) in [5.74, 6) is 2.19. The summed E-state index contributed by atoms with van der Waals surface area (Å²) in [4.78, 5) is 6.76. The summed E-state index contributed by atoms with van der Waals surface area (Å²) < 4.78 is 0. The molecule has 1 aromatic carbocycles. The fourth-order valence-electron chi connectivity index (χ4n) is 2.83. The number of aromatic hydroxyl groups is 1. The Morgan fingerprint density at radius 1 is 1.48 bits per heavy atom. The second kappa shape index (κ2) is 5.73. The molecule has 1 unspecified atom stereocenters. The van der Waals surface area contributed by atoms with Crippen molar-refractivity contribution in [2.24, 2.45) is 11.7 Å². The zero-order chi connectivity index (χ0) is 14.8. The normalized spacial score (nSPS) is 19.0. The number of nitrogens with one attached hydrogen (secondary N) is 1. The average Bonchev–Trinajstić information content (AvgIpc) is 3.00. The number of nitrogens with two attached hydrogens (primary N) is 1. The number of phenols is 1. The third-order valence-electron chi connectivity index (χ3n) is 4.17. The van der Waals surface area contributed by atoms with Crippen LogP contribution in [0.2, 0.25) is 0 Å². The van der Waals surface area contributed by atoms with E-state index in [4.69, 9.17) is 5.73 Å². The van der Waals surface area contributed by atoms with Crippen LogP contribution in [0.4, 0.5) is 5.95 Å². The van der Waals surface area contributed by atoms with E-state index in [1.54, 1.807) is 6.07 Å². The number of benzene rings is 1. The number of aromatic amines is 1. The maximum absolute atomic E-state index is 9.80. The lowest BCUT2D eigenvalue weighted by molar-refractivity contribution is 0.420. The predicted molar refractivity (Wildman–Crippen MR) is 82.2 cm³/mol. The lowest BCUT2D eigenvalue weighted by Gasteiger charge is -2.31. The lowest BCUT2D eigenvalue weighted by atomic mass is 9.99. The number of anilines is 1. The second-order valence-corrected chi connectivity index (χ2v) is 5.62. The molecule has 2 heterocycles. The highest BCUT2D eigenvalue weighted by atomic mass is 16.3. The van der Waals surface area contributed by atoms with Gasteiger partial charge in [0.15, 0.2) is 5.82 Å². The molecule has 1 aromatic heterocycles. The van der Waals surface area contributed by atoms with Crippen LogP contribution in [0.5, 0.6) is 5.75 Å². The Kier molecular flexibility index (Phi) is 3.79. The Morgan fingerprint density at radius 2 is 2.33 bits per heavy atom. The highest BCUT2D eigenvalue weighted by Gasteiger charge is 2.22. The zero-order valence-corrected chi connectivity index (χ0v) is 12.2. The smallest absolute Gasteiger partial charge is 0.245 e. The van der Waals surface area contributed by atoms with E-state index in [0.29, 0.717) is 24.2 Å². The van der Waals surface area contributed by atoms with Crippen LogP contribution in [-0.4, -0.2) is 39.9 Å². The Labute approximate surface area is 124 Å². The average molecular weight is 287 g/mol. The van der Waals surface area contributed by atoms with Gasteiger partial charge in [0.25, 0.3) is 0 Å². The van der Waals surface area contributed by atoms with Crippen LogP contribution in [0, 0.1) is 12.8 Å². The van der Waals surface area contributed by atoms with Crippen LogP contribution in [0.15, 0.2) is 18.2 Å². The van der Waals surface area contributed by atoms with Crippen molar-refractivity contribution in [2.75, 3.05) is 24.5 Å². The first-order valence-electron chi connectivity index (χ1n) is 7.35. The molecule has 0 aliphatic carbocycles. The van der Waals surface area contributed by atoms with Gasteiger partial charge in [0.05, 0.1) is 0 Å². The Bertz CT molecular complexity index is 624. The summed E-state index contributed by atoms with van der Waals surface area (Å²) in [6, 6.07) is 5.41. The van der Waals surface area contributed by atoms with Crippen LogP contribution in [0.1, 0.15) is 18.4 Å². The molecule has 112 valence electrons. The number of aromatic nitrogens is 3. The number of piperidine rings is 1. The molecule has 1 atom stereocenters. The van der Waals surface area contributed by atoms with Gasteiger partial charge in [-0.25, -0.2) is 0 Å². The minimum Gasteiger partial charge on any atom is -0.508 e. The maximum Gasteiger partial charge on any atom is 0.245 e. The van der Waals surface area contributed by atoms with E-state index in [9.17, 15) is 5.11 Å². The Morgan fingerprint density at radius 3 is 3.14 bits per heavy atom. The molecule has 0 saturated carbocycles. The van der Waals surface area contributed by atoms with Gasteiger partial charge in [-0.2, -0.15) is 4.98 Å². The number of H-pyrrole nitrogens is 1. The lowest BCUT2D eigenvalue weighted by Crippen LogP contribution is -2.38. The van der Waals surface area contributed by atoms with Crippen molar-refractivity contribution in [1.29, 1.82) is 0 Å². The monoisotopic (exact) mass is 287 g/mol. The first kappa shape index (κ1) is 13.9. The molecular weight excluding hydrogens is 266 g/mol. The summed E-state index contributed by atoms with van der Waals surface area (Å²) in [6.07, 6.45) is 2.30. The van der Waals surface area contributed by atoms with Crippen molar-refractivity contribution in [2.45, 2.75) is 19.8 Å². The van der Waals surface area contributed by atoms with Crippen molar-refractivity contribution in [3.63, 3.8) is 0 Å². The standard InChI is InChI=1S/C15H21N5O/c1-10-12(5-2-6-13(10)21)14-17-15(19-18-14)20-7-3-4-11(8-16)9-20/h2,5-6,11,21H,3-4,7-9,16H2,1H3,(H,17,18,19). The molecule has 1 aliphatic heterocycles. The van der Waals surface area contributed by atoms with Gasteiger partial charge in [0, 0.05) is 24.2 Å². The molecule has 1 fully saturated rings. The predicted octanol–water partition coefficient (Wildman–Crippen LogP) is 1.66. The van der Waals surface area contributed by atoms with Gasteiger partial charge in [0.1, 0.15) is 5.75 Å². The molecule has 1 aliphatic rings. The number of nitrogens with zero attached hydrogens (tertiary/aromatic N) is 3. The van der Waals surface area contributed by atoms with E-state index in [2.05, 4.69) is 20.1 Å². The molecule has 0 amide bonds. The van der Waals surface area contributed by atoms with Gasteiger partial charge < -0.3 is 15.7 Å². The molecule has 6 heteroatoms. The number of hydrogen-bond acceptors (Lipinski definition) is 5. The van der Waals surface area contributed by atoms with Gasteiger partial charge >= 0.3 is 0 Å². The minimum atomic E-state index is 0.270. The highest BCUT2D eigenvalue weighted by Crippen LogP contribution is 2.28. The van der Waals surface area contributed by atoms with Crippen molar-refractivity contribution in [1.82, 2.24) is 15.2 Å². The van der Waals surface area contributed by atoms with Crippen LogP contribution in [0.25, 0.3) is 11.4 Å². The van der Waals surface area contributed by atoms with E-state index >= 15 is 0 Å². The van der Waals surface area contributed by atoms with Gasteiger partial charge in [-0.3, -0.25) is 5.10 Å². The topological polar surface area (TPSA) is 91.1 Å². The molecule has 3 rings (SSSR count). The SMILES string of the molecule is Cc1c(O)cccc1-c1nc(N2CCCC(CN)C2)n[nH]1. The first-order valence-corrected chi connectivity index (χ1v) is 7.35. The highest BCUT2D eigenvalue weighted by molar-refractivity contribution is 5.64. The molecule has 6 nitrogen and oxygen atoms in total. The first-order chi connectivity index (χ1) is 10.2. The molecule has 0 spiro atoms. The van der Waals surface area contributed by atoms with E-state index in [0.717, 1.165) is 30.6 Å². The van der Waals surface area contributed by atoms with Gasteiger partial charge in [-0.1, -0.05) is 12.1 Å². The number of rotatable bonds is 3. The summed E-state index contributed by atoms with van der Waals surface area (Å²) in [7, 11) is 0. The Balaban J connectivity index is 1.85. The Hall–Kier alpha value is -2.08. The number of hydrogen-bond donors (Lipinski definition) is 3. The summed E-state index contributed by atoms with van der Waals surface area (Å²) in [5, 5.41) is 17.1. The summed E-state index contributed by atoms with van der Waals surface area (Å²) in [6.45, 7) is 4.46. The molecule has 0 bridgehead atoms. The molecule has 4 N–H and O–H groups in total. The maximum atomic E-state index is 9.80. The van der Waals surface area contributed by atoms with Gasteiger partial charge in [-0.05, 0) is 38.3 Å². The fraction of sp³-hybridized carbons (Fsp3) is 0.467. The van der Waals surface area contributed by atoms with E-state index in [1.807, 2.05) is 19.1 Å². The van der Waals surface area contributed by atoms with E-state index in [1.165, 1.54) is 6.42 Å². The van der Waals surface area contributed by atoms with Crippen molar-refractivity contribution < 1.29 is 5.11 Å². The second-order valence-electron chi connectivity index (χ2n) is 5.62. The van der Waals surface area contributed by atoms with Crippen molar-refractivity contribution in [3.8, 4) is 17.1 Å². The minimum absolute atomic E-state index is 0.270. The zero-order valence-electron chi connectivity index (χ0n) is 12.2. The van der Waals surface area contributed by atoms with Crippen molar-refractivity contribution in [3.05, 3.63) is 23.8 Å². The van der Waals surface area contributed by atoms with Crippen LogP contribution >= 0.6 is 0 Å². The molecule has 21 heavy (non-hydrogen) atoms. The number of phenolic OH excluding ortho intramolecular Hbond substituents is 1. The largest absolute Gasteiger partial charge is 0.508 e. The molecule has 2 aromatic rings. The van der Waals surface area contributed by atoms with Crippen LogP contribution in [0.3, 0.4) is 0 Å². The quantitative estimate of drug-likeness (QED) is 0.798. The molecular formula is C15H21N5O. The van der Waals surface area contributed by atoms with E-state index in [-0.39, 0.29) is 5.75 Å². The third kappa shape index (κ3) is 2.71. The third-order valence-corrected chi connectivity index (χ3v) is 4.17. The van der Waals surface area contributed by atoms with E-state index < -0.39 is 0 Å². The summed E-state index contributed by atoms with van der Waals surface area (Å²) >= 11 is 0. The van der Waals surface area contributed by atoms with Crippen LogP contribution in [-0.2, 0) is 0 Å².